The molecule has 0 spiro atoms. The summed E-state index contributed by atoms with van der Waals surface area (Å²) in [6.07, 6.45) is 24.1. The molecular weight excluding hydrogens is 869 g/mol. The van der Waals surface area contributed by atoms with Gasteiger partial charge in [0.2, 0.25) is 0 Å². The van der Waals surface area contributed by atoms with Crippen molar-refractivity contribution < 1.29 is 19.8 Å². The van der Waals surface area contributed by atoms with Crippen LogP contribution in [0.3, 0.4) is 0 Å². The lowest BCUT2D eigenvalue weighted by Gasteiger charge is -2.29. The predicted octanol–water partition coefficient (Wildman–Crippen LogP) is 13.0. The second kappa shape index (κ2) is 26.0. The molecular formula is C60H74N6O4. The maximum Gasteiger partial charge on any atom is 0.336 e. The molecule has 0 saturated heterocycles. The SMILES string of the molecule is CCCCCCc1ccc(N(C)c2ccc3c(c2)CCN[C@@H]3CCc2cnccc2C(=O)O)cc1.CCCCCCc1ccc(N(C)c2ccc3c(c2)CCN[C@H]3CCc2cnccc2C(=O)O)cc1. The first-order valence-electron chi connectivity index (χ1n) is 25.8. The Hall–Kier alpha value is -6.36. The molecule has 0 amide bonds. The third-order valence-electron chi connectivity index (χ3n) is 14.3. The Morgan fingerprint density at radius 3 is 1.31 bits per heavy atom. The van der Waals surface area contributed by atoms with Crippen molar-refractivity contribution in [3.63, 3.8) is 0 Å². The molecule has 2 aliphatic rings. The van der Waals surface area contributed by atoms with Gasteiger partial charge in [-0.2, -0.15) is 0 Å². The first-order chi connectivity index (χ1) is 34.1. The summed E-state index contributed by atoms with van der Waals surface area (Å²) < 4.78 is 0. The molecule has 10 heteroatoms. The van der Waals surface area contributed by atoms with E-state index >= 15 is 0 Å². The zero-order chi connectivity index (χ0) is 49.2. The van der Waals surface area contributed by atoms with Gasteiger partial charge in [0.1, 0.15) is 0 Å². The molecule has 2 aromatic heterocycles. The monoisotopic (exact) mass is 943 g/mol. The molecule has 70 heavy (non-hydrogen) atoms. The van der Waals surface area contributed by atoms with Crippen LogP contribution in [0.1, 0.15) is 155 Å². The van der Waals surface area contributed by atoms with Gasteiger partial charge < -0.3 is 30.6 Å². The fraction of sp³-hybridized carbons (Fsp3) is 0.400. The molecule has 0 radical (unpaired) electrons. The third-order valence-corrected chi connectivity index (χ3v) is 14.3. The Bertz CT molecular complexity index is 2430. The maximum atomic E-state index is 11.5. The van der Waals surface area contributed by atoms with Crippen molar-refractivity contribution in [3.8, 4) is 0 Å². The standard InChI is InChI=1S/2C30H37N3O2/c2*1-3-4-5-6-7-22-8-11-25(12-9-22)33(2)26-13-14-27-23(20-26)16-19-32-29(27)15-10-24-21-31-18-17-28(24)30(34)35/h2*8-9,11-14,17-18,20-21,29,32H,3-7,10,15-16,19H2,1-2H3,(H,34,35)/t2*29-/m10/s1. The number of benzene rings is 4. The lowest BCUT2D eigenvalue weighted by Crippen LogP contribution is -2.30. The molecule has 2 aliphatic heterocycles. The van der Waals surface area contributed by atoms with Crippen LogP contribution in [0.15, 0.2) is 122 Å². The number of pyridine rings is 2. The van der Waals surface area contributed by atoms with Gasteiger partial charge in [-0.05, 0) is 182 Å². The molecule has 10 nitrogen and oxygen atoms in total. The van der Waals surface area contributed by atoms with Gasteiger partial charge in [0.25, 0.3) is 0 Å². The van der Waals surface area contributed by atoms with E-state index in [2.05, 4.69) is 143 Å². The van der Waals surface area contributed by atoms with E-state index in [4.69, 9.17) is 0 Å². The summed E-state index contributed by atoms with van der Waals surface area (Å²) in [6, 6.07) is 35.1. The zero-order valence-corrected chi connectivity index (χ0v) is 41.9. The third kappa shape index (κ3) is 13.9. The van der Waals surface area contributed by atoms with Crippen LogP contribution >= 0.6 is 0 Å². The number of hydrogen-bond acceptors (Lipinski definition) is 8. The number of fused-ring (bicyclic) bond motifs is 2. The van der Waals surface area contributed by atoms with Crippen LogP contribution in [0.4, 0.5) is 22.7 Å². The van der Waals surface area contributed by atoms with Crippen molar-refractivity contribution in [2.75, 3.05) is 37.0 Å². The second-order valence-electron chi connectivity index (χ2n) is 19.1. The molecule has 0 unspecified atom stereocenters. The van der Waals surface area contributed by atoms with E-state index in [9.17, 15) is 19.8 Å². The summed E-state index contributed by atoms with van der Waals surface area (Å²) >= 11 is 0. The summed E-state index contributed by atoms with van der Waals surface area (Å²) in [7, 11) is 4.26. The van der Waals surface area contributed by atoms with E-state index in [1.807, 2.05) is 0 Å². The zero-order valence-electron chi connectivity index (χ0n) is 41.9. The lowest BCUT2D eigenvalue weighted by molar-refractivity contribution is 0.0684. The molecule has 0 fully saturated rings. The van der Waals surface area contributed by atoms with Crippen LogP contribution < -0.4 is 20.4 Å². The number of anilines is 4. The topological polar surface area (TPSA) is 131 Å². The molecule has 0 aliphatic carbocycles. The van der Waals surface area contributed by atoms with Crippen LogP contribution in [0.5, 0.6) is 0 Å². The summed E-state index contributed by atoms with van der Waals surface area (Å²) in [4.78, 5) is 35.8. The number of aromatic carboxylic acids is 2. The van der Waals surface area contributed by atoms with Crippen LogP contribution in [-0.4, -0.2) is 59.3 Å². The van der Waals surface area contributed by atoms with Gasteiger partial charge in [0, 0.05) is 73.7 Å². The van der Waals surface area contributed by atoms with Gasteiger partial charge >= 0.3 is 11.9 Å². The fourth-order valence-electron chi connectivity index (χ4n) is 10.1. The number of nitrogens with one attached hydrogen (secondary N) is 2. The quantitative estimate of drug-likeness (QED) is 0.0488. The van der Waals surface area contributed by atoms with E-state index in [1.54, 1.807) is 36.9 Å². The maximum absolute atomic E-state index is 11.5. The highest BCUT2D eigenvalue weighted by Gasteiger charge is 2.24. The largest absolute Gasteiger partial charge is 0.478 e. The number of unbranched alkanes of at least 4 members (excludes halogenated alkanes) is 6. The minimum atomic E-state index is -0.892. The number of nitrogens with zero attached hydrogens (tertiary/aromatic N) is 4. The van der Waals surface area contributed by atoms with Gasteiger partial charge in [-0.3, -0.25) is 9.97 Å². The number of aromatic nitrogens is 2. The normalized spacial score (nSPS) is 15.0. The van der Waals surface area contributed by atoms with Gasteiger partial charge in [-0.1, -0.05) is 88.8 Å². The van der Waals surface area contributed by atoms with Crippen LogP contribution in [0.2, 0.25) is 0 Å². The highest BCUT2D eigenvalue weighted by molar-refractivity contribution is 5.89. The molecule has 4 heterocycles. The van der Waals surface area contributed by atoms with E-state index in [-0.39, 0.29) is 12.1 Å². The van der Waals surface area contributed by atoms with Gasteiger partial charge in [0.05, 0.1) is 11.1 Å². The fourth-order valence-corrected chi connectivity index (χ4v) is 10.1. The molecule has 8 rings (SSSR count). The van der Waals surface area contributed by atoms with Gasteiger partial charge in [0.15, 0.2) is 0 Å². The number of carbonyl (C=O) groups is 2. The van der Waals surface area contributed by atoms with Crippen molar-refractivity contribution in [2.45, 2.75) is 129 Å². The molecule has 4 aromatic carbocycles. The van der Waals surface area contributed by atoms with E-state index in [0.29, 0.717) is 24.0 Å². The molecule has 368 valence electrons. The number of aryl methyl sites for hydroxylation is 4. The van der Waals surface area contributed by atoms with Gasteiger partial charge in [-0.15, -0.1) is 0 Å². The Morgan fingerprint density at radius 2 is 0.929 bits per heavy atom. The van der Waals surface area contributed by atoms with Crippen LogP contribution in [0, 0.1) is 0 Å². The highest BCUT2D eigenvalue weighted by atomic mass is 16.4. The summed E-state index contributed by atoms with van der Waals surface area (Å²) in [5.74, 6) is -1.78. The van der Waals surface area contributed by atoms with Crippen molar-refractivity contribution in [1.82, 2.24) is 20.6 Å². The highest BCUT2D eigenvalue weighted by Crippen LogP contribution is 2.34. The van der Waals surface area contributed by atoms with Crippen LogP contribution in [0.25, 0.3) is 0 Å². The minimum absolute atomic E-state index is 0.215. The summed E-state index contributed by atoms with van der Waals surface area (Å²) in [5, 5.41) is 26.2. The Kier molecular flexibility index (Phi) is 19.1. The average molecular weight is 943 g/mol. The number of carboxylic acid groups (broad SMARTS) is 2. The van der Waals surface area contributed by atoms with E-state index in [1.165, 1.54) is 107 Å². The van der Waals surface area contributed by atoms with E-state index < -0.39 is 11.9 Å². The average Bonchev–Trinajstić information content (AvgIpc) is 3.39. The molecule has 0 saturated carbocycles. The van der Waals surface area contributed by atoms with Crippen LogP contribution in [-0.2, 0) is 38.5 Å². The Labute approximate surface area is 416 Å². The van der Waals surface area contributed by atoms with Crippen molar-refractivity contribution >= 4 is 34.7 Å². The van der Waals surface area contributed by atoms with Crippen molar-refractivity contribution in [1.29, 1.82) is 0 Å². The summed E-state index contributed by atoms with van der Waals surface area (Å²) in [5.41, 5.74) is 15.3. The number of carboxylic acids is 2. The van der Waals surface area contributed by atoms with E-state index in [0.717, 1.165) is 62.7 Å². The molecule has 0 bridgehead atoms. The summed E-state index contributed by atoms with van der Waals surface area (Å²) in [6.45, 7) is 6.36. The second-order valence-corrected chi connectivity index (χ2v) is 19.1. The lowest BCUT2D eigenvalue weighted by atomic mass is 9.89. The Morgan fingerprint density at radius 1 is 0.529 bits per heavy atom. The minimum Gasteiger partial charge on any atom is -0.478 e. The first kappa shape index (κ1) is 51.5. The van der Waals surface area contributed by atoms with Crippen molar-refractivity contribution in [2.24, 2.45) is 0 Å². The molecule has 2 atom stereocenters. The molecule has 6 aromatic rings. The van der Waals surface area contributed by atoms with Crippen molar-refractivity contribution in [3.05, 3.63) is 177 Å². The number of rotatable bonds is 22. The smallest absolute Gasteiger partial charge is 0.336 e. The van der Waals surface area contributed by atoms with Gasteiger partial charge in [-0.25, -0.2) is 9.59 Å². The molecule has 4 N–H and O–H groups in total. The Balaban J connectivity index is 0.000000206. The predicted molar refractivity (Wildman–Crippen MR) is 286 cm³/mol. The number of hydrogen-bond donors (Lipinski definition) is 4. The first-order valence-corrected chi connectivity index (χ1v) is 25.8.